The van der Waals surface area contributed by atoms with Crippen LogP contribution in [0, 0.1) is 0 Å². The Balaban J connectivity index is 1.34. The van der Waals surface area contributed by atoms with Crippen LogP contribution in [0.15, 0.2) is 60.9 Å². The Bertz CT molecular complexity index is 1220. The molecule has 2 bridgehead atoms. The van der Waals surface area contributed by atoms with E-state index in [1.807, 2.05) is 42.5 Å². The van der Waals surface area contributed by atoms with E-state index in [4.69, 9.17) is 10.6 Å². The summed E-state index contributed by atoms with van der Waals surface area (Å²) in [5.74, 6) is -0.866. The smallest absolute Gasteiger partial charge is 0.345 e. The van der Waals surface area contributed by atoms with Crippen LogP contribution in [-0.4, -0.2) is 45.9 Å². The number of urea groups is 1. The molecule has 2 aliphatic heterocycles. The second kappa shape index (κ2) is 9.24. The van der Waals surface area contributed by atoms with E-state index in [1.54, 1.807) is 18.5 Å². The molecule has 5 rings (SSSR count). The summed E-state index contributed by atoms with van der Waals surface area (Å²) in [4.78, 5) is 50.5. The van der Waals surface area contributed by atoms with Gasteiger partial charge in [-0.05, 0) is 41.3 Å². The van der Waals surface area contributed by atoms with Crippen LogP contribution in [-0.2, 0) is 22.7 Å². The molecule has 174 valence electrons. The third-order valence-corrected chi connectivity index (χ3v) is 7.15. The highest BCUT2D eigenvalue weighted by Gasteiger charge is 2.51. The topological polar surface area (TPSA) is 118 Å². The first-order valence-corrected chi connectivity index (χ1v) is 11.7. The van der Waals surface area contributed by atoms with Gasteiger partial charge in [0.05, 0.1) is 11.4 Å². The number of hydrogen-bond donors (Lipinski definition) is 2. The van der Waals surface area contributed by atoms with Gasteiger partial charge in [0.25, 0.3) is 5.91 Å². The van der Waals surface area contributed by atoms with Crippen LogP contribution in [0.3, 0.4) is 0 Å². The van der Waals surface area contributed by atoms with Crippen molar-refractivity contribution in [3.05, 3.63) is 87.4 Å². The molecule has 4 heterocycles. The molecule has 0 radical (unpaired) electrons. The number of fused-ring (bicyclic) bond motifs is 4. The van der Waals surface area contributed by atoms with Gasteiger partial charge in [0.1, 0.15) is 18.7 Å². The van der Waals surface area contributed by atoms with Gasteiger partial charge in [0, 0.05) is 23.8 Å². The molecule has 2 aromatic heterocycles. The molecule has 34 heavy (non-hydrogen) atoms. The fourth-order valence-corrected chi connectivity index (χ4v) is 5.54. The zero-order chi connectivity index (χ0) is 23.7. The van der Waals surface area contributed by atoms with Crippen molar-refractivity contribution < 1.29 is 19.2 Å². The molecule has 1 aromatic carbocycles. The number of nitrogens with zero attached hydrogens (tertiary/aromatic N) is 3. The van der Waals surface area contributed by atoms with Crippen LogP contribution in [0.25, 0.3) is 0 Å². The number of primary amides is 1. The molecule has 0 unspecified atom stereocenters. The van der Waals surface area contributed by atoms with E-state index < -0.39 is 24.0 Å². The number of hydrogen-bond acceptors (Lipinski definition) is 6. The van der Waals surface area contributed by atoms with Crippen molar-refractivity contribution in [2.45, 2.75) is 25.1 Å². The summed E-state index contributed by atoms with van der Waals surface area (Å²) < 4.78 is 0. The molecule has 0 saturated carbocycles. The zero-order valence-electron chi connectivity index (χ0n) is 18.2. The number of aromatic nitrogens is 1. The maximum Gasteiger partial charge on any atom is 0.345 e. The van der Waals surface area contributed by atoms with Crippen LogP contribution < -0.4 is 11.1 Å². The predicted molar refractivity (Wildman–Crippen MR) is 124 cm³/mol. The largest absolute Gasteiger partial charge is 0.368 e. The van der Waals surface area contributed by atoms with Gasteiger partial charge in [-0.25, -0.2) is 4.79 Å². The van der Waals surface area contributed by atoms with Crippen molar-refractivity contribution in [3.63, 3.8) is 0 Å². The van der Waals surface area contributed by atoms with E-state index in [2.05, 4.69) is 10.3 Å². The second-order valence-electron chi connectivity index (χ2n) is 8.13. The maximum atomic E-state index is 13.0. The Morgan fingerprint density at radius 2 is 1.91 bits per heavy atom. The standard InChI is InChI=1S/C24H23N5O4S/c25-22(30)20-21-17(12-19(34-21)23(31)27-11-8-15-6-9-26-10-7-15)18-13-28(20)24(32)29(18)33-14-16-4-2-1-3-5-16/h1-7,9-10,12,18,20H,8,11,13-14H2,(H2,25,30)(H,27,31)/t18-,20-/m0/s1. The monoisotopic (exact) mass is 477 g/mol. The Morgan fingerprint density at radius 1 is 1.15 bits per heavy atom. The van der Waals surface area contributed by atoms with E-state index in [0.29, 0.717) is 22.7 Å². The Morgan fingerprint density at radius 3 is 2.65 bits per heavy atom. The van der Waals surface area contributed by atoms with Gasteiger partial charge in [-0.3, -0.25) is 19.4 Å². The number of benzene rings is 1. The van der Waals surface area contributed by atoms with Gasteiger partial charge < -0.3 is 16.0 Å². The molecule has 4 amide bonds. The number of thiophene rings is 1. The molecule has 2 atom stereocenters. The minimum atomic E-state index is -0.924. The second-order valence-corrected chi connectivity index (χ2v) is 9.22. The van der Waals surface area contributed by atoms with E-state index in [-0.39, 0.29) is 19.1 Å². The first-order chi connectivity index (χ1) is 16.5. The SMILES string of the molecule is NC(=O)[C@@H]1c2sc(C(=O)NCCc3ccncc3)cc2[C@@H]2CN1C(=O)N2OCc1ccccc1. The Hall–Kier alpha value is -3.76. The number of hydroxylamine groups is 2. The molecule has 1 saturated heterocycles. The number of carbonyl (C=O) groups excluding carboxylic acids is 3. The van der Waals surface area contributed by atoms with Gasteiger partial charge in [0.15, 0.2) is 0 Å². The van der Waals surface area contributed by atoms with E-state index in [9.17, 15) is 14.4 Å². The summed E-state index contributed by atoms with van der Waals surface area (Å²) in [7, 11) is 0. The summed E-state index contributed by atoms with van der Waals surface area (Å²) in [5.41, 5.74) is 8.39. The van der Waals surface area contributed by atoms with E-state index in [0.717, 1.165) is 16.7 Å². The summed E-state index contributed by atoms with van der Waals surface area (Å²) >= 11 is 1.19. The molecule has 9 nitrogen and oxygen atoms in total. The summed E-state index contributed by atoms with van der Waals surface area (Å²) in [6.07, 6.45) is 4.10. The lowest BCUT2D eigenvalue weighted by molar-refractivity contribution is -0.141. The highest BCUT2D eigenvalue weighted by Crippen LogP contribution is 2.47. The summed E-state index contributed by atoms with van der Waals surface area (Å²) in [6, 6.07) is 13.3. The molecule has 10 heteroatoms. The van der Waals surface area contributed by atoms with Crippen molar-refractivity contribution in [3.8, 4) is 0 Å². The minimum Gasteiger partial charge on any atom is -0.368 e. The molecule has 2 aliphatic rings. The predicted octanol–water partition coefficient (Wildman–Crippen LogP) is 2.57. The number of rotatable bonds is 8. The van der Waals surface area contributed by atoms with E-state index >= 15 is 0 Å². The minimum absolute atomic E-state index is 0.208. The van der Waals surface area contributed by atoms with Gasteiger partial charge in [-0.1, -0.05) is 30.3 Å². The fourth-order valence-electron chi connectivity index (χ4n) is 4.29. The first kappa shape index (κ1) is 22.1. The fraction of sp³-hybridized carbons (Fsp3) is 0.250. The average Bonchev–Trinajstić information content (AvgIpc) is 3.40. The van der Waals surface area contributed by atoms with Crippen LogP contribution in [0.2, 0.25) is 0 Å². The van der Waals surface area contributed by atoms with Crippen molar-refractivity contribution in [1.82, 2.24) is 20.3 Å². The first-order valence-electron chi connectivity index (χ1n) is 10.9. The normalized spacial score (nSPS) is 18.6. The van der Waals surface area contributed by atoms with Crippen LogP contribution >= 0.6 is 11.3 Å². The van der Waals surface area contributed by atoms with Crippen molar-refractivity contribution in [2.24, 2.45) is 5.73 Å². The van der Waals surface area contributed by atoms with Gasteiger partial charge >= 0.3 is 6.03 Å². The molecule has 1 fully saturated rings. The Labute approximate surface area is 200 Å². The lowest BCUT2D eigenvalue weighted by Crippen LogP contribution is -2.40. The molecular weight excluding hydrogens is 454 g/mol. The average molecular weight is 478 g/mol. The Kier molecular flexibility index (Phi) is 5.99. The third-order valence-electron chi connectivity index (χ3n) is 5.95. The van der Waals surface area contributed by atoms with Gasteiger partial charge in [0.2, 0.25) is 5.91 Å². The molecule has 0 aliphatic carbocycles. The number of amides is 4. The molecule has 3 N–H and O–H groups in total. The van der Waals surface area contributed by atoms with E-state index in [1.165, 1.54) is 21.3 Å². The summed E-state index contributed by atoms with van der Waals surface area (Å²) in [6.45, 7) is 0.944. The van der Waals surface area contributed by atoms with Crippen molar-refractivity contribution >= 4 is 29.2 Å². The summed E-state index contributed by atoms with van der Waals surface area (Å²) in [5, 5.41) is 4.22. The van der Waals surface area contributed by atoms with Gasteiger partial charge in [-0.2, -0.15) is 5.06 Å². The lowest BCUT2D eigenvalue weighted by Gasteiger charge is -2.28. The molecular formula is C24H23N5O4S. The quantitative estimate of drug-likeness (QED) is 0.517. The third kappa shape index (κ3) is 4.13. The number of carbonyl (C=O) groups is 3. The number of nitrogens with one attached hydrogen (secondary N) is 1. The van der Waals surface area contributed by atoms with Crippen molar-refractivity contribution in [1.29, 1.82) is 0 Å². The molecule has 3 aromatic rings. The lowest BCUT2D eigenvalue weighted by atomic mass is 9.99. The number of nitrogens with two attached hydrogens (primary N) is 1. The number of pyridine rings is 1. The maximum absolute atomic E-state index is 13.0. The van der Waals surface area contributed by atoms with Crippen molar-refractivity contribution in [2.75, 3.05) is 13.1 Å². The molecule has 0 spiro atoms. The zero-order valence-corrected chi connectivity index (χ0v) is 19.0. The van der Waals surface area contributed by atoms with Crippen LogP contribution in [0.4, 0.5) is 4.79 Å². The van der Waals surface area contributed by atoms with Crippen LogP contribution in [0.5, 0.6) is 0 Å². The highest BCUT2D eigenvalue weighted by molar-refractivity contribution is 7.14. The van der Waals surface area contributed by atoms with Gasteiger partial charge in [-0.15, -0.1) is 11.3 Å². The van der Waals surface area contributed by atoms with Crippen LogP contribution in [0.1, 0.15) is 43.3 Å². The highest BCUT2D eigenvalue weighted by atomic mass is 32.1.